The average molecular weight is 558 g/mol. The number of nitrogens with one attached hydrogen (secondary N) is 2. The first kappa shape index (κ1) is 33.3. The van der Waals surface area contributed by atoms with Crippen LogP contribution in [-0.2, 0) is 14.3 Å². The van der Waals surface area contributed by atoms with E-state index in [2.05, 4.69) is 24.1 Å². The second-order valence-corrected chi connectivity index (χ2v) is 11.8. The van der Waals surface area contributed by atoms with Gasteiger partial charge in [0.2, 0.25) is 11.8 Å². The molecule has 8 nitrogen and oxygen atoms in total. The van der Waals surface area contributed by atoms with Crippen molar-refractivity contribution in [2.24, 2.45) is 0 Å². The van der Waals surface area contributed by atoms with Crippen LogP contribution < -0.4 is 10.6 Å². The van der Waals surface area contributed by atoms with Crippen molar-refractivity contribution in [1.29, 1.82) is 0 Å². The highest BCUT2D eigenvalue weighted by Crippen LogP contribution is 2.27. The lowest BCUT2D eigenvalue weighted by Crippen LogP contribution is -2.55. The van der Waals surface area contributed by atoms with Crippen molar-refractivity contribution in [2.45, 2.75) is 122 Å². The molecule has 0 spiro atoms. The number of hydrogen-bond acceptors (Lipinski definition) is 5. The summed E-state index contributed by atoms with van der Waals surface area (Å²) in [6, 6.07) is 5.35. The molecule has 1 fully saturated rings. The number of hydrogen-bond donors (Lipinski definition) is 3. The number of alkyl carbamates (subject to hydrolysis) is 1. The Morgan fingerprint density at radius 1 is 1.10 bits per heavy atom. The van der Waals surface area contributed by atoms with E-state index in [1.165, 1.54) is 4.90 Å². The highest BCUT2D eigenvalue weighted by molar-refractivity contribution is 5.92. The maximum atomic E-state index is 14.0. The fourth-order valence-corrected chi connectivity index (χ4v) is 5.12. The normalized spacial score (nSPS) is 15.5. The molecule has 0 aliphatic heterocycles. The van der Waals surface area contributed by atoms with E-state index in [9.17, 15) is 19.5 Å². The highest BCUT2D eigenvalue weighted by Gasteiger charge is 2.36. The third kappa shape index (κ3) is 11.3. The van der Waals surface area contributed by atoms with Gasteiger partial charge in [-0.2, -0.15) is 0 Å². The minimum absolute atomic E-state index is 0.0610. The van der Waals surface area contributed by atoms with Crippen molar-refractivity contribution < 1.29 is 24.2 Å². The van der Waals surface area contributed by atoms with Crippen molar-refractivity contribution in [3.63, 3.8) is 0 Å². The summed E-state index contributed by atoms with van der Waals surface area (Å²) in [5.74, 6) is -0.767. The van der Waals surface area contributed by atoms with Crippen LogP contribution in [0.15, 0.2) is 30.8 Å². The van der Waals surface area contributed by atoms with E-state index in [0.717, 1.165) is 69.8 Å². The summed E-state index contributed by atoms with van der Waals surface area (Å²) in [7, 11) is 0. The first-order chi connectivity index (χ1) is 19.1. The Balaban J connectivity index is 2.40. The Morgan fingerprint density at radius 2 is 1.77 bits per heavy atom. The summed E-state index contributed by atoms with van der Waals surface area (Å²) in [4.78, 5) is 42.0. The van der Waals surface area contributed by atoms with Crippen LogP contribution in [-0.4, -0.2) is 58.8 Å². The predicted octanol–water partition coefficient (Wildman–Crippen LogP) is 5.89. The number of ether oxygens (including phenoxy) is 1. The van der Waals surface area contributed by atoms with Crippen LogP contribution in [0.25, 0.3) is 6.08 Å². The van der Waals surface area contributed by atoms with Crippen molar-refractivity contribution in [3.05, 3.63) is 42.0 Å². The number of aliphatic hydroxyl groups is 1. The maximum Gasteiger partial charge on any atom is 0.408 e. The molecule has 2 unspecified atom stereocenters. The van der Waals surface area contributed by atoms with E-state index in [4.69, 9.17) is 4.74 Å². The molecule has 1 aliphatic rings. The Hall–Kier alpha value is -2.87. The molecule has 0 saturated heterocycles. The summed E-state index contributed by atoms with van der Waals surface area (Å²) < 4.78 is 5.34. The number of rotatable bonds is 15. The number of carbonyl (C=O) groups excluding carboxylic acids is 3. The van der Waals surface area contributed by atoms with E-state index >= 15 is 0 Å². The monoisotopic (exact) mass is 557 g/mol. The van der Waals surface area contributed by atoms with Gasteiger partial charge in [0, 0.05) is 12.6 Å². The molecule has 1 aliphatic carbocycles. The molecule has 0 bridgehead atoms. The lowest BCUT2D eigenvalue weighted by Gasteiger charge is -2.35. The molecule has 224 valence electrons. The van der Waals surface area contributed by atoms with E-state index < -0.39 is 36.3 Å². The number of carbonyl (C=O) groups is 3. The van der Waals surface area contributed by atoms with Gasteiger partial charge in [-0.25, -0.2) is 4.79 Å². The highest BCUT2D eigenvalue weighted by atomic mass is 16.6. The lowest BCUT2D eigenvalue weighted by atomic mass is 9.94. The fourth-order valence-electron chi connectivity index (χ4n) is 5.12. The van der Waals surface area contributed by atoms with Crippen LogP contribution in [0.3, 0.4) is 0 Å². The van der Waals surface area contributed by atoms with Gasteiger partial charge in [0.1, 0.15) is 17.7 Å². The predicted molar refractivity (Wildman–Crippen MR) is 160 cm³/mol. The molecule has 0 aromatic heterocycles. The van der Waals surface area contributed by atoms with Crippen LogP contribution in [0.1, 0.15) is 115 Å². The second-order valence-electron chi connectivity index (χ2n) is 11.8. The fraction of sp³-hybridized carbons (Fsp3) is 0.656. The summed E-state index contributed by atoms with van der Waals surface area (Å²) in [6.45, 7) is 10.9. The zero-order valence-electron chi connectivity index (χ0n) is 25.0. The first-order valence-corrected chi connectivity index (χ1v) is 15.0. The van der Waals surface area contributed by atoms with Gasteiger partial charge < -0.3 is 25.4 Å². The van der Waals surface area contributed by atoms with Gasteiger partial charge in [-0.05, 0) is 57.2 Å². The standard InChI is InChI=1S/C32H51N3O5/c1-6-8-9-10-11-15-21-35(30(38)27(23-36)34-31(39)40-32(3,4)5)28(25-18-16-17-24(7-2)22-25)29(37)33-26-19-13-12-14-20-26/h7,16-18,22,26-28,36H,2,6,8-15,19-21,23H2,1,3-5H3,(H,33,37)(H,34,39). The van der Waals surface area contributed by atoms with Gasteiger partial charge in [0.25, 0.3) is 0 Å². The zero-order valence-corrected chi connectivity index (χ0v) is 25.0. The Labute approximate surface area is 240 Å². The SMILES string of the molecule is C=Cc1cccc(C(C(=O)NC2CCCCC2)N(CCCCCCCC)C(=O)C(CO)NC(=O)OC(C)(C)C)c1. The maximum absolute atomic E-state index is 14.0. The van der Waals surface area contributed by atoms with Crippen molar-refractivity contribution in [3.8, 4) is 0 Å². The van der Waals surface area contributed by atoms with Crippen molar-refractivity contribution in [2.75, 3.05) is 13.2 Å². The molecular weight excluding hydrogens is 506 g/mol. The second kappa shape index (κ2) is 17.1. The van der Waals surface area contributed by atoms with E-state index in [1.54, 1.807) is 26.8 Å². The molecule has 0 heterocycles. The number of unbranched alkanes of at least 4 members (excludes halogenated alkanes) is 5. The van der Waals surface area contributed by atoms with E-state index in [1.807, 2.05) is 24.3 Å². The quantitative estimate of drug-likeness (QED) is 0.233. The molecule has 1 aromatic rings. The number of amides is 3. The molecule has 2 rings (SSSR count). The molecule has 8 heteroatoms. The first-order valence-electron chi connectivity index (χ1n) is 15.0. The van der Waals surface area contributed by atoms with Gasteiger partial charge in [-0.3, -0.25) is 9.59 Å². The third-order valence-corrected chi connectivity index (χ3v) is 7.18. The summed E-state index contributed by atoms with van der Waals surface area (Å²) in [5.41, 5.74) is 0.739. The van der Waals surface area contributed by atoms with Crippen LogP contribution >= 0.6 is 0 Å². The Morgan fingerprint density at radius 3 is 2.40 bits per heavy atom. The van der Waals surface area contributed by atoms with Gasteiger partial charge >= 0.3 is 6.09 Å². The van der Waals surface area contributed by atoms with Crippen molar-refractivity contribution >= 4 is 24.0 Å². The smallest absolute Gasteiger partial charge is 0.408 e. The molecule has 3 amide bonds. The van der Waals surface area contributed by atoms with Gasteiger partial charge in [-0.15, -0.1) is 0 Å². The van der Waals surface area contributed by atoms with Crippen LogP contribution in [0.2, 0.25) is 0 Å². The Bertz CT molecular complexity index is 952. The largest absolute Gasteiger partial charge is 0.444 e. The molecule has 2 atom stereocenters. The van der Waals surface area contributed by atoms with E-state index in [-0.39, 0.29) is 11.9 Å². The molecular formula is C32H51N3O5. The molecule has 3 N–H and O–H groups in total. The summed E-state index contributed by atoms with van der Waals surface area (Å²) in [6.07, 6.45) is 12.1. The molecule has 0 radical (unpaired) electrons. The number of nitrogens with zero attached hydrogens (tertiary/aromatic N) is 1. The minimum Gasteiger partial charge on any atom is -0.444 e. The van der Waals surface area contributed by atoms with Gasteiger partial charge in [0.15, 0.2) is 0 Å². The van der Waals surface area contributed by atoms with Gasteiger partial charge in [-0.1, -0.05) is 89.1 Å². The minimum atomic E-state index is -1.25. The molecule has 40 heavy (non-hydrogen) atoms. The third-order valence-electron chi connectivity index (χ3n) is 7.18. The van der Waals surface area contributed by atoms with Crippen LogP contribution in [0.5, 0.6) is 0 Å². The number of benzene rings is 1. The zero-order chi connectivity index (χ0) is 29.5. The summed E-state index contributed by atoms with van der Waals surface area (Å²) >= 11 is 0. The average Bonchev–Trinajstić information content (AvgIpc) is 2.92. The number of aliphatic hydroxyl groups excluding tert-OH is 1. The van der Waals surface area contributed by atoms with Gasteiger partial charge in [0.05, 0.1) is 6.61 Å². The van der Waals surface area contributed by atoms with Crippen molar-refractivity contribution in [1.82, 2.24) is 15.5 Å². The lowest BCUT2D eigenvalue weighted by molar-refractivity contribution is -0.143. The Kier molecular flexibility index (Phi) is 14.2. The van der Waals surface area contributed by atoms with Crippen LogP contribution in [0, 0.1) is 0 Å². The van der Waals surface area contributed by atoms with Crippen LogP contribution in [0.4, 0.5) is 4.79 Å². The van der Waals surface area contributed by atoms with E-state index in [0.29, 0.717) is 18.5 Å². The molecule has 1 saturated carbocycles. The molecule has 1 aromatic carbocycles. The summed E-state index contributed by atoms with van der Waals surface area (Å²) in [5, 5.41) is 15.9. The topological polar surface area (TPSA) is 108 Å².